The van der Waals surface area contributed by atoms with Gasteiger partial charge in [-0.1, -0.05) is 34.1 Å². The average molecular weight is 526 g/mol. The molecule has 0 heterocycles. The maximum absolute atomic E-state index is 5.52. The Morgan fingerprint density at radius 1 is 1.05 bits per heavy atom. The van der Waals surface area contributed by atoms with E-state index in [-0.39, 0.29) is 4.83 Å². The average Bonchev–Trinajstić information content (AvgIpc) is 2.49. The summed E-state index contributed by atoms with van der Waals surface area (Å²) in [5, 5.41) is 0. The summed E-state index contributed by atoms with van der Waals surface area (Å²) in [6.07, 6.45) is 0. The smallest absolute Gasteiger partial charge is 0.133 e. The normalized spacial score (nSPS) is 12.1. The van der Waals surface area contributed by atoms with E-state index < -0.39 is 0 Å². The lowest BCUT2D eigenvalue weighted by Crippen LogP contribution is -2.01. The molecule has 0 aromatic heterocycles. The Hall–Kier alpha value is -0.270. The minimum absolute atomic E-state index is 0.0428. The molecule has 0 saturated heterocycles. The Morgan fingerprint density at radius 2 is 1.71 bits per heavy atom. The molecule has 21 heavy (non-hydrogen) atoms. The van der Waals surface area contributed by atoms with Gasteiger partial charge in [0.1, 0.15) is 11.5 Å². The summed E-state index contributed by atoms with van der Waals surface area (Å²) >= 11 is 9.68. The summed E-state index contributed by atoms with van der Waals surface area (Å²) in [5.74, 6) is 1.61. The van der Waals surface area contributed by atoms with Gasteiger partial charge in [-0.05, 0) is 68.7 Å². The van der Waals surface area contributed by atoms with Crippen molar-refractivity contribution < 1.29 is 9.47 Å². The molecule has 2 aromatic carbocycles. The van der Waals surface area contributed by atoms with Gasteiger partial charge in [-0.3, -0.25) is 0 Å². The molecule has 2 nitrogen and oxygen atoms in total. The molecule has 0 radical (unpaired) electrons. The van der Waals surface area contributed by atoms with Crippen LogP contribution in [0.1, 0.15) is 21.5 Å². The van der Waals surface area contributed by atoms with Crippen LogP contribution >= 0.6 is 54.5 Å². The Kier molecular flexibility index (Phi) is 5.96. The molecular weight excluding hydrogens is 511 g/mol. The fourth-order valence-corrected chi connectivity index (χ4v) is 4.44. The van der Waals surface area contributed by atoms with Crippen molar-refractivity contribution >= 4 is 54.5 Å². The van der Waals surface area contributed by atoms with Crippen LogP contribution in [0.25, 0.3) is 0 Å². The molecule has 0 aliphatic rings. The van der Waals surface area contributed by atoms with E-state index in [0.717, 1.165) is 21.5 Å². The molecule has 5 heteroatoms. The summed E-state index contributed by atoms with van der Waals surface area (Å²) in [5.41, 5.74) is 3.53. The SMILES string of the molecule is COc1cc(C(Br)c2cccc(C)c2I)c(OC)cc1Br. The summed E-state index contributed by atoms with van der Waals surface area (Å²) in [6, 6.07) is 10.3. The maximum atomic E-state index is 5.52. The Labute approximate surface area is 155 Å². The third kappa shape index (κ3) is 3.56. The van der Waals surface area contributed by atoms with E-state index in [4.69, 9.17) is 9.47 Å². The zero-order valence-corrected chi connectivity index (χ0v) is 17.2. The molecule has 2 rings (SSSR count). The van der Waals surface area contributed by atoms with E-state index in [1.165, 1.54) is 14.7 Å². The highest BCUT2D eigenvalue weighted by Crippen LogP contribution is 2.43. The Morgan fingerprint density at radius 3 is 2.33 bits per heavy atom. The van der Waals surface area contributed by atoms with Gasteiger partial charge in [0.15, 0.2) is 0 Å². The van der Waals surface area contributed by atoms with Crippen molar-refractivity contribution in [3.63, 3.8) is 0 Å². The molecule has 1 atom stereocenters. The lowest BCUT2D eigenvalue weighted by atomic mass is 10.0. The van der Waals surface area contributed by atoms with Gasteiger partial charge in [0.05, 0.1) is 23.5 Å². The zero-order chi connectivity index (χ0) is 15.6. The van der Waals surface area contributed by atoms with Crippen LogP contribution in [0, 0.1) is 10.5 Å². The van der Waals surface area contributed by atoms with Gasteiger partial charge in [0.25, 0.3) is 0 Å². The van der Waals surface area contributed by atoms with Crippen LogP contribution in [0.4, 0.5) is 0 Å². The second-order valence-corrected chi connectivity index (χ2v) is 7.42. The van der Waals surface area contributed by atoms with E-state index in [9.17, 15) is 0 Å². The fraction of sp³-hybridized carbons (Fsp3) is 0.250. The third-order valence-electron chi connectivity index (χ3n) is 3.27. The number of hydrogen-bond acceptors (Lipinski definition) is 2. The summed E-state index contributed by atoms with van der Waals surface area (Å²) < 4.78 is 13.1. The molecule has 2 aromatic rings. The van der Waals surface area contributed by atoms with Crippen molar-refractivity contribution in [1.29, 1.82) is 0 Å². The highest BCUT2D eigenvalue weighted by Gasteiger charge is 2.20. The molecule has 0 bridgehead atoms. The lowest BCUT2D eigenvalue weighted by Gasteiger charge is -2.18. The number of hydrogen-bond donors (Lipinski definition) is 0. The second kappa shape index (κ2) is 7.33. The predicted octanol–water partition coefficient (Wildman–Crippen LogP) is 5.86. The number of ether oxygens (including phenoxy) is 2. The number of alkyl halides is 1. The largest absolute Gasteiger partial charge is 0.496 e. The van der Waals surface area contributed by atoms with Crippen LogP contribution in [-0.2, 0) is 0 Å². The molecule has 0 N–H and O–H groups in total. The molecule has 0 spiro atoms. The van der Waals surface area contributed by atoms with Gasteiger partial charge in [0, 0.05) is 9.13 Å². The lowest BCUT2D eigenvalue weighted by molar-refractivity contribution is 0.397. The van der Waals surface area contributed by atoms with Gasteiger partial charge in [0.2, 0.25) is 0 Å². The highest BCUT2D eigenvalue weighted by atomic mass is 127. The first-order valence-corrected chi connectivity index (χ1v) is 9.08. The topological polar surface area (TPSA) is 18.5 Å². The summed E-state index contributed by atoms with van der Waals surface area (Å²) in [7, 11) is 3.34. The fourth-order valence-electron chi connectivity index (χ4n) is 2.12. The van der Waals surface area contributed by atoms with Gasteiger partial charge in [-0.25, -0.2) is 0 Å². The van der Waals surface area contributed by atoms with E-state index in [1.807, 2.05) is 12.1 Å². The highest BCUT2D eigenvalue weighted by molar-refractivity contribution is 14.1. The van der Waals surface area contributed by atoms with Gasteiger partial charge in [-0.15, -0.1) is 0 Å². The van der Waals surface area contributed by atoms with Crippen LogP contribution in [-0.4, -0.2) is 14.2 Å². The molecule has 0 saturated carbocycles. The maximum Gasteiger partial charge on any atom is 0.133 e. The van der Waals surface area contributed by atoms with Crippen LogP contribution in [0.2, 0.25) is 0 Å². The predicted molar refractivity (Wildman–Crippen MR) is 102 cm³/mol. The quantitative estimate of drug-likeness (QED) is 0.367. The second-order valence-electron chi connectivity index (χ2n) is 4.57. The number of methoxy groups -OCH3 is 2. The standard InChI is InChI=1S/C16H15Br2IO2/c1-9-5-4-6-10(16(9)19)15(18)11-7-14(21-3)12(17)8-13(11)20-2/h4-8,15H,1-3H3. The van der Waals surface area contributed by atoms with Gasteiger partial charge >= 0.3 is 0 Å². The van der Waals surface area contributed by atoms with Crippen LogP contribution < -0.4 is 9.47 Å². The van der Waals surface area contributed by atoms with E-state index in [1.54, 1.807) is 14.2 Å². The Bertz CT molecular complexity index is 659. The summed E-state index contributed by atoms with van der Waals surface area (Å²) in [6.45, 7) is 2.12. The molecule has 112 valence electrons. The van der Waals surface area contributed by atoms with Gasteiger partial charge in [-0.2, -0.15) is 0 Å². The zero-order valence-electron chi connectivity index (χ0n) is 11.9. The van der Waals surface area contributed by atoms with Crippen LogP contribution in [0.3, 0.4) is 0 Å². The molecule has 0 aliphatic heterocycles. The minimum Gasteiger partial charge on any atom is -0.496 e. The van der Waals surface area contributed by atoms with E-state index in [2.05, 4.69) is 79.6 Å². The first kappa shape index (κ1) is 17.1. The van der Waals surface area contributed by atoms with Crippen molar-refractivity contribution in [3.8, 4) is 11.5 Å². The van der Waals surface area contributed by atoms with Crippen molar-refractivity contribution in [2.75, 3.05) is 14.2 Å². The Balaban J connectivity index is 2.56. The third-order valence-corrected chi connectivity index (χ3v) is 6.35. The van der Waals surface area contributed by atoms with Crippen LogP contribution in [0.15, 0.2) is 34.8 Å². The van der Waals surface area contributed by atoms with Crippen molar-refractivity contribution in [3.05, 3.63) is 55.1 Å². The number of aryl methyl sites for hydroxylation is 1. The van der Waals surface area contributed by atoms with Crippen molar-refractivity contribution in [2.24, 2.45) is 0 Å². The minimum atomic E-state index is 0.0428. The molecular formula is C16H15Br2IO2. The van der Waals surface area contributed by atoms with Crippen LogP contribution in [0.5, 0.6) is 11.5 Å². The number of halogens is 3. The molecule has 1 unspecified atom stereocenters. The first-order chi connectivity index (χ1) is 9.99. The van der Waals surface area contributed by atoms with Crippen molar-refractivity contribution in [2.45, 2.75) is 11.8 Å². The molecule has 0 fully saturated rings. The number of benzene rings is 2. The van der Waals surface area contributed by atoms with E-state index in [0.29, 0.717) is 0 Å². The van der Waals surface area contributed by atoms with E-state index >= 15 is 0 Å². The monoisotopic (exact) mass is 524 g/mol. The number of rotatable bonds is 4. The van der Waals surface area contributed by atoms with Crippen molar-refractivity contribution in [1.82, 2.24) is 0 Å². The summed E-state index contributed by atoms with van der Waals surface area (Å²) in [4.78, 5) is 0.0428. The first-order valence-electron chi connectivity index (χ1n) is 6.30. The molecule has 0 aliphatic carbocycles. The van der Waals surface area contributed by atoms with Gasteiger partial charge < -0.3 is 9.47 Å². The molecule has 0 amide bonds.